The number of nitrogens with zero attached hydrogens (tertiary/aromatic N) is 1. The molecule has 11 heteroatoms. The Labute approximate surface area is 243 Å². The Morgan fingerprint density at radius 1 is 0.929 bits per heavy atom. The number of para-hydroxylation sites is 2. The lowest BCUT2D eigenvalue weighted by atomic mass is 10.1. The van der Waals surface area contributed by atoms with Crippen molar-refractivity contribution in [3.8, 4) is 28.7 Å². The van der Waals surface area contributed by atoms with Crippen molar-refractivity contribution in [1.82, 2.24) is 10.3 Å². The second kappa shape index (κ2) is 13.0. The molecule has 11 nitrogen and oxygen atoms in total. The first-order valence-electron chi connectivity index (χ1n) is 13.2. The molecule has 1 heterocycles. The van der Waals surface area contributed by atoms with Gasteiger partial charge in [0.2, 0.25) is 0 Å². The maximum absolute atomic E-state index is 12.7. The van der Waals surface area contributed by atoms with Gasteiger partial charge in [-0.1, -0.05) is 12.1 Å². The highest BCUT2D eigenvalue weighted by Crippen LogP contribution is 2.39. The number of carbonyl (C=O) groups excluding carboxylic acids is 2. The summed E-state index contributed by atoms with van der Waals surface area (Å²) >= 11 is 0. The molecule has 0 saturated carbocycles. The number of aromatic nitrogens is 1. The number of anilines is 3. The van der Waals surface area contributed by atoms with Gasteiger partial charge in [0.1, 0.15) is 12.3 Å². The van der Waals surface area contributed by atoms with E-state index in [9.17, 15) is 9.59 Å². The van der Waals surface area contributed by atoms with E-state index in [-0.39, 0.29) is 13.2 Å². The molecule has 0 aliphatic carbocycles. The molecular formula is C31H34N4O7. The average molecular weight is 575 g/mol. The van der Waals surface area contributed by atoms with Gasteiger partial charge in [-0.15, -0.1) is 0 Å². The number of benzene rings is 3. The summed E-state index contributed by atoms with van der Waals surface area (Å²) in [6.07, 6.45) is 1.59. The van der Waals surface area contributed by atoms with Gasteiger partial charge in [-0.2, -0.15) is 0 Å². The number of esters is 1. The summed E-state index contributed by atoms with van der Waals surface area (Å²) in [5, 5.41) is 6.67. The molecule has 42 heavy (non-hydrogen) atoms. The Morgan fingerprint density at radius 2 is 1.60 bits per heavy atom. The van der Waals surface area contributed by atoms with Crippen LogP contribution in [0.1, 0.15) is 20.8 Å². The van der Waals surface area contributed by atoms with E-state index < -0.39 is 17.5 Å². The minimum Gasteiger partial charge on any atom is -0.493 e. The zero-order valence-corrected chi connectivity index (χ0v) is 24.1. The molecule has 4 aromatic rings. The van der Waals surface area contributed by atoms with Crippen LogP contribution in [0, 0.1) is 0 Å². The molecule has 4 N–H and O–H groups in total. The zero-order valence-electron chi connectivity index (χ0n) is 24.1. The van der Waals surface area contributed by atoms with Crippen molar-refractivity contribution in [1.29, 1.82) is 0 Å². The average Bonchev–Trinajstić information content (AvgIpc) is 2.98. The van der Waals surface area contributed by atoms with Crippen molar-refractivity contribution in [2.45, 2.75) is 26.4 Å². The predicted molar refractivity (Wildman–Crippen MR) is 160 cm³/mol. The van der Waals surface area contributed by atoms with E-state index in [1.807, 2.05) is 18.2 Å². The molecule has 0 unspecified atom stereocenters. The maximum atomic E-state index is 12.7. The van der Waals surface area contributed by atoms with E-state index in [2.05, 4.69) is 15.6 Å². The van der Waals surface area contributed by atoms with Crippen molar-refractivity contribution < 1.29 is 33.3 Å². The number of rotatable bonds is 12. The molecule has 3 aromatic carbocycles. The molecule has 0 saturated heterocycles. The minimum absolute atomic E-state index is 0.232. The number of methoxy groups -OCH3 is 2. The summed E-state index contributed by atoms with van der Waals surface area (Å²) in [6, 6.07) is 17.9. The molecular weight excluding hydrogens is 540 g/mol. The van der Waals surface area contributed by atoms with Crippen LogP contribution in [0.5, 0.6) is 28.7 Å². The SMILES string of the molecule is CCOC(=O)CNC(=O)C(C)(C)Oc1ccccc1Oc1ccc(Nc2c(N)cnc3cc(OC)c(OC)cc23)cc1. The third-order valence-corrected chi connectivity index (χ3v) is 6.21. The van der Waals surface area contributed by atoms with Gasteiger partial charge in [0.15, 0.2) is 28.6 Å². The summed E-state index contributed by atoms with van der Waals surface area (Å²) in [7, 11) is 3.14. The van der Waals surface area contributed by atoms with Crippen molar-refractivity contribution in [3.05, 3.63) is 66.9 Å². The molecule has 1 amide bonds. The standard InChI is InChI=1S/C31H34N4O7/c1-6-40-28(36)18-34-30(37)31(2,3)42-25-10-8-7-9-24(25)41-20-13-11-19(12-14-20)35-29-21-15-26(38-4)27(39-5)16-23(21)33-17-22(29)32/h7-17H,6,18,32H2,1-5H3,(H,33,35)(H,34,37). The summed E-state index contributed by atoms with van der Waals surface area (Å²) in [6.45, 7) is 4.88. The topological polar surface area (TPSA) is 143 Å². The smallest absolute Gasteiger partial charge is 0.325 e. The van der Waals surface area contributed by atoms with Crippen LogP contribution >= 0.6 is 0 Å². The van der Waals surface area contributed by atoms with Crippen LogP contribution in [0.3, 0.4) is 0 Å². The van der Waals surface area contributed by atoms with Crippen molar-refractivity contribution in [3.63, 3.8) is 0 Å². The first-order valence-corrected chi connectivity index (χ1v) is 13.2. The Hall–Kier alpha value is -5.19. The van der Waals surface area contributed by atoms with Crippen LogP contribution < -0.4 is 35.3 Å². The monoisotopic (exact) mass is 574 g/mol. The second-order valence-electron chi connectivity index (χ2n) is 9.61. The second-order valence-corrected chi connectivity index (χ2v) is 9.61. The van der Waals surface area contributed by atoms with Crippen LogP contribution in [-0.2, 0) is 14.3 Å². The van der Waals surface area contributed by atoms with Crippen LogP contribution in [-0.4, -0.2) is 49.8 Å². The first kappa shape index (κ1) is 29.8. The van der Waals surface area contributed by atoms with E-state index >= 15 is 0 Å². The normalized spacial score (nSPS) is 11.0. The van der Waals surface area contributed by atoms with Gasteiger partial charge in [0.25, 0.3) is 5.91 Å². The van der Waals surface area contributed by atoms with Crippen molar-refractivity contribution in [2.24, 2.45) is 0 Å². The summed E-state index contributed by atoms with van der Waals surface area (Å²) in [4.78, 5) is 28.7. The molecule has 0 radical (unpaired) electrons. The van der Waals surface area contributed by atoms with Gasteiger partial charge in [-0.25, -0.2) is 0 Å². The molecule has 220 valence electrons. The van der Waals surface area contributed by atoms with E-state index in [0.29, 0.717) is 45.6 Å². The highest BCUT2D eigenvalue weighted by atomic mass is 16.5. The number of nitrogens with two attached hydrogens (primary N) is 1. The number of pyridine rings is 1. The number of amides is 1. The first-order chi connectivity index (χ1) is 20.1. The molecule has 4 rings (SSSR count). The number of fused-ring (bicyclic) bond motifs is 1. The van der Waals surface area contributed by atoms with Crippen LogP contribution in [0.25, 0.3) is 10.9 Å². The van der Waals surface area contributed by atoms with Gasteiger partial charge >= 0.3 is 5.97 Å². The van der Waals surface area contributed by atoms with Gasteiger partial charge in [-0.3, -0.25) is 14.6 Å². The van der Waals surface area contributed by atoms with Gasteiger partial charge < -0.3 is 40.1 Å². The molecule has 0 fully saturated rings. The lowest BCUT2D eigenvalue weighted by Crippen LogP contribution is -2.48. The van der Waals surface area contributed by atoms with E-state index in [0.717, 1.165) is 11.1 Å². The highest BCUT2D eigenvalue weighted by Gasteiger charge is 2.31. The summed E-state index contributed by atoms with van der Waals surface area (Å²) < 4.78 is 27.8. The van der Waals surface area contributed by atoms with Crippen molar-refractivity contribution >= 4 is 39.8 Å². The minimum atomic E-state index is -1.29. The Morgan fingerprint density at radius 3 is 2.26 bits per heavy atom. The summed E-state index contributed by atoms with van der Waals surface area (Å²) in [5.41, 5.74) is 7.59. The lowest BCUT2D eigenvalue weighted by Gasteiger charge is -2.26. The number of ether oxygens (including phenoxy) is 5. The molecule has 0 bridgehead atoms. The predicted octanol–water partition coefficient (Wildman–Crippen LogP) is 5.21. The van der Waals surface area contributed by atoms with Gasteiger partial charge in [-0.05, 0) is 63.2 Å². The van der Waals surface area contributed by atoms with E-state index in [4.69, 9.17) is 29.4 Å². The summed E-state index contributed by atoms with van der Waals surface area (Å²) in [5.74, 6) is 1.44. The van der Waals surface area contributed by atoms with Crippen LogP contribution in [0.15, 0.2) is 66.9 Å². The number of nitrogen functional groups attached to an aromatic ring is 1. The fraction of sp³-hybridized carbons (Fsp3) is 0.258. The van der Waals surface area contributed by atoms with Crippen LogP contribution in [0.2, 0.25) is 0 Å². The Balaban J connectivity index is 1.49. The number of carbonyl (C=O) groups is 2. The largest absolute Gasteiger partial charge is 0.493 e. The number of hydrogen-bond acceptors (Lipinski definition) is 10. The molecule has 1 aromatic heterocycles. The highest BCUT2D eigenvalue weighted by molar-refractivity contribution is 6.00. The third-order valence-electron chi connectivity index (χ3n) is 6.21. The molecule has 0 atom stereocenters. The fourth-order valence-electron chi connectivity index (χ4n) is 4.07. The van der Waals surface area contributed by atoms with Gasteiger partial charge in [0, 0.05) is 17.1 Å². The maximum Gasteiger partial charge on any atom is 0.325 e. The van der Waals surface area contributed by atoms with E-state index in [1.165, 1.54) is 0 Å². The number of hydrogen-bond donors (Lipinski definition) is 3. The lowest BCUT2D eigenvalue weighted by molar-refractivity contribution is -0.145. The Kier molecular flexibility index (Phi) is 9.21. The third kappa shape index (κ3) is 6.92. The fourth-order valence-corrected chi connectivity index (χ4v) is 4.07. The number of nitrogens with one attached hydrogen (secondary N) is 2. The van der Waals surface area contributed by atoms with E-state index in [1.54, 1.807) is 83.7 Å². The molecule has 0 spiro atoms. The van der Waals surface area contributed by atoms with Crippen molar-refractivity contribution in [2.75, 3.05) is 38.4 Å². The quantitative estimate of drug-likeness (QED) is 0.193. The molecule has 0 aliphatic rings. The Bertz CT molecular complexity index is 1570. The molecule has 0 aliphatic heterocycles. The van der Waals surface area contributed by atoms with Gasteiger partial charge in [0.05, 0.1) is 43.9 Å². The zero-order chi connectivity index (χ0) is 30.3. The van der Waals surface area contributed by atoms with Crippen LogP contribution in [0.4, 0.5) is 17.1 Å².